The lowest BCUT2D eigenvalue weighted by Gasteiger charge is -2.41. The number of aromatic nitrogens is 2. The predicted molar refractivity (Wildman–Crippen MR) is 178 cm³/mol. The van der Waals surface area contributed by atoms with Crippen molar-refractivity contribution in [1.29, 1.82) is 0 Å². The van der Waals surface area contributed by atoms with Gasteiger partial charge >= 0.3 is 6.01 Å². The summed E-state index contributed by atoms with van der Waals surface area (Å²) in [5.74, 6) is -2.16. The van der Waals surface area contributed by atoms with Crippen molar-refractivity contribution in [1.82, 2.24) is 19.8 Å². The van der Waals surface area contributed by atoms with E-state index in [-0.39, 0.29) is 43.4 Å². The number of amides is 1. The summed E-state index contributed by atoms with van der Waals surface area (Å²) < 4.78 is 35.6. The molecule has 2 aliphatic heterocycles. The van der Waals surface area contributed by atoms with E-state index >= 15 is 0 Å². The predicted octanol–water partition coefficient (Wildman–Crippen LogP) is 5.47. The van der Waals surface area contributed by atoms with Gasteiger partial charge in [0.25, 0.3) is 5.92 Å². The van der Waals surface area contributed by atoms with Crippen LogP contribution in [0.15, 0.2) is 49.1 Å². The number of carbonyl (C=O) groups is 1. The zero-order valence-corrected chi connectivity index (χ0v) is 27.4. The van der Waals surface area contributed by atoms with Crippen LogP contribution in [0.3, 0.4) is 0 Å². The van der Waals surface area contributed by atoms with Crippen LogP contribution in [0.2, 0.25) is 5.02 Å². The average Bonchev–Trinajstić information content (AvgIpc) is 3.38. The number of benzene rings is 2. The first-order chi connectivity index (χ1) is 22.5. The van der Waals surface area contributed by atoms with Crippen LogP contribution in [0.4, 0.5) is 20.3 Å². The number of hydrogen-bond donors (Lipinski definition) is 0. The zero-order valence-electron chi connectivity index (χ0n) is 26.6. The van der Waals surface area contributed by atoms with Gasteiger partial charge in [-0.2, -0.15) is 9.97 Å². The van der Waals surface area contributed by atoms with Gasteiger partial charge in [0.1, 0.15) is 18.0 Å². The van der Waals surface area contributed by atoms with Crippen LogP contribution in [0.1, 0.15) is 30.5 Å². The fraction of sp³-hybridized carbons (Fsp3) is 0.486. The Labute approximate surface area is 278 Å². The van der Waals surface area contributed by atoms with E-state index < -0.39 is 17.4 Å². The number of carbonyl (C=O) groups excluding carboxylic acids is 1. The van der Waals surface area contributed by atoms with Crippen LogP contribution in [0.5, 0.6) is 6.01 Å². The third kappa shape index (κ3) is 5.55. The quantitative estimate of drug-likeness (QED) is 0.246. The number of halogens is 3. The summed E-state index contributed by atoms with van der Waals surface area (Å²) in [5, 5.41) is 2.70. The number of rotatable bonds is 7. The van der Waals surface area contributed by atoms with Gasteiger partial charge in [-0.15, -0.1) is 0 Å². The fourth-order valence-electron chi connectivity index (χ4n) is 7.90. The van der Waals surface area contributed by atoms with Crippen LogP contribution >= 0.6 is 11.6 Å². The Kier molecular flexibility index (Phi) is 8.00. The largest absolute Gasteiger partial charge is 0.458 e. The summed E-state index contributed by atoms with van der Waals surface area (Å²) in [6, 6.07) is 11.7. The van der Waals surface area contributed by atoms with Gasteiger partial charge in [0.2, 0.25) is 12.5 Å². The van der Waals surface area contributed by atoms with Crippen molar-refractivity contribution in [2.75, 3.05) is 56.6 Å². The third-order valence-corrected chi connectivity index (χ3v) is 10.8. The molecule has 4 aliphatic rings. The molecule has 0 bridgehead atoms. The highest BCUT2D eigenvalue weighted by Crippen LogP contribution is 2.69. The van der Waals surface area contributed by atoms with Crippen molar-refractivity contribution in [3.05, 3.63) is 76.8 Å². The summed E-state index contributed by atoms with van der Waals surface area (Å²) in [5.41, 5.74) is 1.77. The molecule has 3 heterocycles. The third-order valence-electron chi connectivity index (χ3n) is 10.5. The maximum atomic E-state index is 14.5. The number of nitrogens with zero attached hydrogens (tertiary/aromatic N) is 7. The smallest absolute Gasteiger partial charge is 0.319 e. The number of hydrogen-bond acceptors (Lipinski definition) is 7. The molecule has 1 spiro atoms. The van der Waals surface area contributed by atoms with Crippen molar-refractivity contribution in [3.63, 3.8) is 0 Å². The first kappa shape index (κ1) is 31.6. The van der Waals surface area contributed by atoms with Crippen LogP contribution in [0.25, 0.3) is 15.6 Å². The Morgan fingerprint density at radius 3 is 2.64 bits per heavy atom. The molecular formula is C35H38ClF2N7O2. The number of alkyl halides is 2. The molecule has 2 unspecified atom stereocenters. The van der Waals surface area contributed by atoms with E-state index in [1.54, 1.807) is 4.90 Å². The zero-order chi connectivity index (χ0) is 33.1. The van der Waals surface area contributed by atoms with Gasteiger partial charge in [-0.3, -0.25) is 4.79 Å². The van der Waals surface area contributed by atoms with Gasteiger partial charge in [0, 0.05) is 60.7 Å². The standard InChI is InChI=1S/C35H38ClF2N7O2/c1-5-30(46)45-15-14-44(19-23(45)18-39-2)32-24-12-13-43(27-11-7-9-22-8-6-10-25(36)31(22)27)20-26(24)40-33(41-32)47-29-17-34(21-35(34,37)38)16-28(29)42(3)4/h5-11,23,28-29H,1,12-21H2,3-4H3/t23?,28-,29-,34?/m1/s1. The van der Waals surface area contributed by atoms with Crippen molar-refractivity contribution >= 4 is 39.8 Å². The molecule has 0 radical (unpaired) electrons. The molecule has 246 valence electrons. The number of fused-ring (bicyclic) bond motifs is 2. The maximum Gasteiger partial charge on any atom is 0.319 e. The van der Waals surface area contributed by atoms with Gasteiger partial charge in [0.15, 0.2) is 0 Å². The molecule has 47 heavy (non-hydrogen) atoms. The van der Waals surface area contributed by atoms with E-state index in [4.69, 9.17) is 32.9 Å². The fourth-order valence-corrected chi connectivity index (χ4v) is 8.17. The second-order valence-electron chi connectivity index (χ2n) is 13.5. The van der Waals surface area contributed by atoms with E-state index in [2.05, 4.69) is 27.3 Å². The highest BCUT2D eigenvalue weighted by Gasteiger charge is 2.75. The highest BCUT2D eigenvalue weighted by atomic mass is 35.5. The average molecular weight is 662 g/mol. The SMILES string of the molecule is [C-]#[N+]CC1CN(c2nc(O[C@@H]3CC4(C[C@H]3N(C)C)CC4(F)F)nc3c2CCN(c2cccc4cccc(Cl)c24)C3)CCN1C(=O)C=C. The molecule has 2 aliphatic carbocycles. The first-order valence-electron chi connectivity index (χ1n) is 16.1. The van der Waals surface area contributed by atoms with Crippen molar-refractivity contribution in [2.45, 2.75) is 56.3 Å². The van der Waals surface area contributed by atoms with E-state index in [1.165, 1.54) is 6.08 Å². The minimum atomic E-state index is -2.68. The van der Waals surface area contributed by atoms with Crippen LogP contribution in [-0.4, -0.2) is 96.6 Å². The summed E-state index contributed by atoms with van der Waals surface area (Å²) in [7, 11) is 3.79. The van der Waals surface area contributed by atoms with Gasteiger partial charge in [0.05, 0.1) is 17.3 Å². The molecule has 3 fully saturated rings. The normalized spacial score (nSPS) is 26.4. The first-order valence-corrected chi connectivity index (χ1v) is 16.5. The molecular weight excluding hydrogens is 624 g/mol. The Bertz CT molecular complexity index is 1780. The van der Waals surface area contributed by atoms with E-state index in [9.17, 15) is 13.6 Å². The van der Waals surface area contributed by atoms with Crippen LogP contribution < -0.4 is 14.5 Å². The van der Waals surface area contributed by atoms with Crippen molar-refractivity contribution < 1.29 is 18.3 Å². The van der Waals surface area contributed by atoms with E-state index in [0.717, 1.165) is 27.7 Å². The lowest BCUT2D eigenvalue weighted by atomic mass is 10.0. The highest BCUT2D eigenvalue weighted by molar-refractivity contribution is 6.36. The second kappa shape index (κ2) is 11.9. The van der Waals surface area contributed by atoms with Gasteiger partial charge in [-0.1, -0.05) is 42.4 Å². The molecule has 1 saturated heterocycles. The van der Waals surface area contributed by atoms with Gasteiger partial charge < -0.3 is 29.2 Å². The summed E-state index contributed by atoms with van der Waals surface area (Å²) in [6.07, 6.45) is 1.96. The number of anilines is 2. The molecule has 3 aromatic rings. The maximum absolute atomic E-state index is 14.5. The summed E-state index contributed by atoms with van der Waals surface area (Å²) in [4.78, 5) is 34.2. The van der Waals surface area contributed by atoms with Crippen LogP contribution in [0, 0.1) is 12.0 Å². The minimum absolute atomic E-state index is 0.112. The molecule has 7 rings (SSSR count). The number of piperazine rings is 1. The second-order valence-corrected chi connectivity index (χ2v) is 13.9. The Hall–Kier alpha value is -4.01. The Balaban J connectivity index is 1.26. The monoisotopic (exact) mass is 661 g/mol. The number of ether oxygens (including phenoxy) is 1. The molecule has 0 N–H and O–H groups in total. The minimum Gasteiger partial charge on any atom is -0.458 e. The number of likely N-dealkylation sites (N-methyl/N-ethyl adjacent to an activating group) is 1. The lowest BCUT2D eigenvalue weighted by molar-refractivity contribution is -0.128. The summed E-state index contributed by atoms with van der Waals surface area (Å²) >= 11 is 6.71. The van der Waals surface area contributed by atoms with Crippen molar-refractivity contribution in [3.8, 4) is 6.01 Å². The molecule has 4 atom stereocenters. The van der Waals surface area contributed by atoms with Gasteiger partial charge in [-0.25, -0.2) is 15.4 Å². The molecule has 9 nitrogen and oxygen atoms in total. The Morgan fingerprint density at radius 2 is 1.94 bits per heavy atom. The topological polar surface area (TPSA) is 69.4 Å². The van der Waals surface area contributed by atoms with E-state index in [0.29, 0.717) is 56.4 Å². The molecule has 1 aromatic heterocycles. The molecule has 1 amide bonds. The lowest BCUT2D eigenvalue weighted by Crippen LogP contribution is -2.56. The molecule has 2 aromatic carbocycles. The van der Waals surface area contributed by atoms with Crippen molar-refractivity contribution in [2.24, 2.45) is 5.41 Å². The van der Waals surface area contributed by atoms with Gasteiger partial charge in [-0.05, 0) is 57.0 Å². The summed E-state index contributed by atoms with van der Waals surface area (Å²) in [6.45, 7) is 13.9. The van der Waals surface area contributed by atoms with Crippen LogP contribution in [-0.2, 0) is 17.8 Å². The Morgan fingerprint density at radius 1 is 1.17 bits per heavy atom. The molecule has 12 heteroatoms. The van der Waals surface area contributed by atoms with E-state index in [1.807, 2.05) is 49.3 Å². The molecule has 2 saturated carbocycles.